The van der Waals surface area contributed by atoms with Gasteiger partial charge in [-0.25, -0.2) is 0 Å². The lowest BCUT2D eigenvalue weighted by molar-refractivity contribution is -0.0611. The second kappa shape index (κ2) is 6.51. The molecule has 0 radical (unpaired) electrons. The van der Waals surface area contributed by atoms with Crippen LogP contribution in [0.3, 0.4) is 0 Å². The molecular weight excluding hydrogens is 264 g/mol. The maximum absolute atomic E-state index is 5.98. The minimum atomic E-state index is 0.319. The number of aryl methyl sites for hydroxylation is 1. The van der Waals surface area contributed by atoms with Crippen LogP contribution in [0.2, 0.25) is 0 Å². The van der Waals surface area contributed by atoms with Crippen LogP contribution in [0.5, 0.6) is 0 Å². The van der Waals surface area contributed by atoms with Crippen LogP contribution in [0.4, 0.5) is 0 Å². The SMILES string of the molecule is CCC1COC(C)CN1Cc1cc(CNC2CC2)c(C)o1. The Balaban J connectivity index is 1.61. The third-order valence-corrected chi connectivity index (χ3v) is 4.64. The van der Waals surface area contributed by atoms with Crippen molar-refractivity contribution in [1.29, 1.82) is 0 Å². The summed E-state index contributed by atoms with van der Waals surface area (Å²) in [4.78, 5) is 2.50. The molecule has 0 bridgehead atoms. The minimum absolute atomic E-state index is 0.319. The van der Waals surface area contributed by atoms with Gasteiger partial charge in [0.25, 0.3) is 0 Å². The molecule has 1 aliphatic heterocycles. The summed E-state index contributed by atoms with van der Waals surface area (Å²) in [5, 5.41) is 3.56. The smallest absolute Gasteiger partial charge is 0.118 e. The maximum Gasteiger partial charge on any atom is 0.118 e. The van der Waals surface area contributed by atoms with Crippen molar-refractivity contribution in [3.63, 3.8) is 0 Å². The second-order valence-electron chi connectivity index (χ2n) is 6.58. The van der Waals surface area contributed by atoms with E-state index >= 15 is 0 Å². The largest absolute Gasteiger partial charge is 0.465 e. The first-order chi connectivity index (χ1) is 10.2. The van der Waals surface area contributed by atoms with Gasteiger partial charge < -0.3 is 14.5 Å². The molecule has 0 spiro atoms. The van der Waals surface area contributed by atoms with Crippen LogP contribution in [0.25, 0.3) is 0 Å². The highest BCUT2D eigenvalue weighted by Crippen LogP contribution is 2.23. The molecule has 2 heterocycles. The van der Waals surface area contributed by atoms with E-state index in [1.807, 2.05) is 0 Å². The van der Waals surface area contributed by atoms with Crippen LogP contribution < -0.4 is 5.32 Å². The van der Waals surface area contributed by atoms with Gasteiger partial charge in [0.2, 0.25) is 0 Å². The molecule has 0 aromatic carbocycles. The van der Waals surface area contributed by atoms with Crippen molar-refractivity contribution in [2.24, 2.45) is 0 Å². The van der Waals surface area contributed by atoms with E-state index in [1.54, 1.807) is 0 Å². The molecule has 2 atom stereocenters. The van der Waals surface area contributed by atoms with Crippen LogP contribution in [0.15, 0.2) is 10.5 Å². The quantitative estimate of drug-likeness (QED) is 0.875. The normalized spacial score (nSPS) is 27.2. The molecule has 3 rings (SSSR count). The van der Waals surface area contributed by atoms with Gasteiger partial charge in [0.1, 0.15) is 11.5 Å². The van der Waals surface area contributed by atoms with Crippen molar-refractivity contribution < 1.29 is 9.15 Å². The van der Waals surface area contributed by atoms with E-state index in [-0.39, 0.29) is 0 Å². The van der Waals surface area contributed by atoms with Crippen LogP contribution >= 0.6 is 0 Å². The lowest BCUT2D eigenvalue weighted by Crippen LogP contribution is -2.47. The summed E-state index contributed by atoms with van der Waals surface area (Å²) < 4.78 is 11.7. The lowest BCUT2D eigenvalue weighted by Gasteiger charge is -2.37. The average Bonchev–Trinajstić information content (AvgIpc) is 3.21. The van der Waals surface area contributed by atoms with Crippen molar-refractivity contribution in [3.05, 3.63) is 23.2 Å². The van der Waals surface area contributed by atoms with E-state index in [9.17, 15) is 0 Å². The number of morpholine rings is 1. The van der Waals surface area contributed by atoms with Gasteiger partial charge in [-0.2, -0.15) is 0 Å². The molecule has 21 heavy (non-hydrogen) atoms. The molecule has 2 fully saturated rings. The maximum atomic E-state index is 5.98. The first kappa shape index (κ1) is 15.1. The molecule has 2 aliphatic rings. The predicted molar refractivity (Wildman–Crippen MR) is 83.2 cm³/mol. The average molecular weight is 292 g/mol. The van der Waals surface area contributed by atoms with Crippen LogP contribution in [0.1, 0.15) is 50.2 Å². The van der Waals surface area contributed by atoms with Crippen LogP contribution in [0, 0.1) is 6.92 Å². The summed E-state index contributed by atoms with van der Waals surface area (Å²) in [6.45, 7) is 10.1. The Labute approximate surface area is 127 Å². The number of hydrogen-bond acceptors (Lipinski definition) is 4. The zero-order chi connectivity index (χ0) is 14.8. The van der Waals surface area contributed by atoms with Crippen molar-refractivity contribution in [3.8, 4) is 0 Å². The molecular formula is C17H28N2O2. The zero-order valence-corrected chi connectivity index (χ0v) is 13.5. The topological polar surface area (TPSA) is 37.6 Å². The number of nitrogens with one attached hydrogen (secondary N) is 1. The fourth-order valence-corrected chi connectivity index (χ4v) is 3.07. The molecule has 2 unspecified atom stereocenters. The molecule has 1 saturated heterocycles. The fraction of sp³-hybridized carbons (Fsp3) is 0.765. The van der Waals surface area contributed by atoms with Gasteiger partial charge in [0, 0.05) is 30.7 Å². The Hall–Kier alpha value is -0.840. The standard InChI is InChI=1S/C17H28N2O2/c1-4-16-11-20-12(2)9-19(16)10-17-7-14(13(3)21-17)8-18-15-5-6-15/h7,12,15-16,18H,4-6,8-11H2,1-3H3. The number of rotatable bonds is 6. The minimum Gasteiger partial charge on any atom is -0.465 e. The van der Waals surface area contributed by atoms with E-state index in [4.69, 9.17) is 9.15 Å². The Morgan fingerprint density at radius 2 is 2.19 bits per heavy atom. The lowest BCUT2D eigenvalue weighted by atomic mass is 10.1. The summed E-state index contributed by atoms with van der Waals surface area (Å²) in [7, 11) is 0. The summed E-state index contributed by atoms with van der Waals surface area (Å²) >= 11 is 0. The van der Waals surface area contributed by atoms with Crippen molar-refractivity contribution >= 4 is 0 Å². The molecule has 1 saturated carbocycles. The summed E-state index contributed by atoms with van der Waals surface area (Å²) in [6.07, 6.45) is 4.10. The predicted octanol–water partition coefficient (Wildman–Crippen LogP) is 2.84. The van der Waals surface area contributed by atoms with Gasteiger partial charge >= 0.3 is 0 Å². The van der Waals surface area contributed by atoms with Crippen molar-refractivity contribution in [2.75, 3.05) is 13.2 Å². The van der Waals surface area contributed by atoms with Crippen LogP contribution in [-0.4, -0.2) is 36.2 Å². The van der Waals surface area contributed by atoms with Gasteiger partial charge in [0.15, 0.2) is 0 Å². The van der Waals surface area contributed by atoms with Gasteiger partial charge in [-0.3, -0.25) is 4.90 Å². The Morgan fingerprint density at radius 1 is 1.38 bits per heavy atom. The first-order valence-electron chi connectivity index (χ1n) is 8.33. The number of nitrogens with zero attached hydrogens (tertiary/aromatic N) is 1. The van der Waals surface area contributed by atoms with Gasteiger partial charge in [0.05, 0.1) is 19.3 Å². The Bertz CT molecular complexity index is 467. The number of ether oxygens (including phenoxy) is 1. The van der Waals surface area contributed by atoms with Crippen molar-refractivity contribution in [1.82, 2.24) is 10.2 Å². The molecule has 4 nitrogen and oxygen atoms in total. The molecule has 4 heteroatoms. The Kier molecular flexibility index (Phi) is 4.67. The van der Waals surface area contributed by atoms with Gasteiger partial charge in [-0.05, 0) is 39.2 Å². The van der Waals surface area contributed by atoms with E-state index < -0.39 is 0 Å². The van der Waals surface area contributed by atoms with E-state index in [2.05, 4.69) is 37.1 Å². The third kappa shape index (κ3) is 3.87. The molecule has 1 aromatic rings. The van der Waals surface area contributed by atoms with Crippen molar-refractivity contribution in [2.45, 2.75) is 71.3 Å². The number of hydrogen-bond donors (Lipinski definition) is 1. The molecule has 0 amide bonds. The van der Waals surface area contributed by atoms with Crippen LogP contribution in [-0.2, 0) is 17.8 Å². The van der Waals surface area contributed by atoms with E-state index in [0.717, 1.165) is 50.2 Å². The van der Waals surface area contributed by atoms with Gasteiger partial charge in [-0.1, -0.05) is 6.92 Å². The zero-order valence-electron chi connectivity index (χ0n) is 13.5. The third-order valence-electron chi connectivity index (χ3n) is 4.64. The Morgan fingerprint density at radius 3 is 2.90 bits per heavy atom. The van der Waals surface area contributed by atoms with Gasteiger partial charge in [-0.15, -0.1) is 0 Å². The highest BCUT2D eigenvalue weighted by Gasteiger charge is 2.27. The molecule has 1 aliphatic carbocycles. The summed E-state index contributed by atoms with van der Waals surface area (Å²) in [6, 6.07) is 3.49. The molecule has 1 aromatic heterocycles. The summed E-state index contributed by atoms with van der Waals surface area (Å²) in [5.41, 5.74) is 1.31. The highest BCUT2D eigenvalue weighted by atomic mass is 16.5. The molecule has 118 valence electrons. The monoisotopic (exact) mass is 292 g/mol. The van der Waals surface area contributed by atoms with E-state index in [1.165, 1.54) is 18.4 Å². The highest BCUT2D eigenvalue weighted by molar-refractivity contribution is 5.21. The number of furan rings is 1. The summed E-state index contributed by atoms with van der Waals surface area (Å²) in [5.74, 6) is 2.15. The van der Waals surface area contributed by atoms with E-state index in [0.29, 0.717) is 12.1 Å². The second-order valence-corrected chi connectivity index (χ2v) is 6.58. The first-order valence-corrected chi connectivity index (χ1v) is 8.33. The fourth-order valence-electron chi connectivity index (χ4n) is 3.07. The molecule has 1 N–H and O–H groups in total.